The van der Waals surface area contributed by atoms with E-state index in [0.717, 1.165) is 41.7 Å². The first-order valence-corrected chi connectivity index (χ1v) is 10.3. The molecule has 9 heteroatoms. The summed E-state index contributed by atoms with van der Waals surface area (Å²) in [6.45, 7) is 0.981. The summed E-state index contributed by atoms with van der Waals surface area (Å²) in [5.41, 5.74) is 7.58. The van der Waals surface area contributed by atoms with Crippen molar-refractivity contribution >= 4 is 45.7 Å². The Labute approximate surface area is 177 Å². The molecule has 0 saturated carbocycles. The lowest BCUT2D eigenvalue weighted by Crippen LogP contribution is -2.24. The second-order valence-electron chi connectivity index (χ2n) is 6.69. The van der Waals surface area contributed by atoms with Crippen molar-refractivity contribution in [2.45, 2.75) is 32.6 Å². The van der Waals surface area contributed by atoms with Crippen LogP contribution in [0.5, 0.6) is 5.75 Å². The number of carbonyl (C=O) groups is 3. The average Bonchev–Trinajstić information content (AvgIpc) is 3.03. The summed E-state index contributed by atoms with van der Waals surface area (Å²) in [7, 11) is 0. The van der Waals surface area contributed by atoms with E-state index in [1.165, 1.54) is 11.3 Å². The molecule has 0 saturated heterocycles. The van der Waals surface area contributed by atoms with Crippen LogP contribution in [0.2, 0.25) is 5.02 Å². The quantitative estimate of drug-likeness (QED) is 0.648. The monoisotopic (exact) mass is 436 g/mol. The van der Waals surface area contributed by atoms with Crippen LogP contribution in [0.4, 0.5) is 5.00 Å². The Kier molecular flexibility index (Phi) is 6.76. The molecule has 2 amide bonds. The highest BCUT2D eigenvalue weighted by Crippen LogP contribution is 2.37. The number of hydrogen-bond donors (Lipinski definition) is 2. The van der Waals surface area contributed by atoms with Crippen molar-refractivity contribution in [1.29, 1.82) is 0 Å². The zero-order chi connectivity index (χ0) is 21.0. The van der Waals surface area contributed by atoms with Crippen LogP contribution in [0.3, 0.4) is 0 Å². The highest BCUT2D eigenvalue weighted by atomic mass is 35.5. The lowest BCUT2D eigenvalue weighted by Gasteiger charge is -2.11. The fourth-order valence-electron chi connectivity index (χ4n) is 3.18. The van der Waals surface area contributed by atoms with Crippen molar-refractivity contribution in [1.82, 2.24) is 0 Å². The van der Waals surface area contributed by atoms with Gasteiger partial charge in [-0.2, -0.15) is 0 Å². The van der Waals surface area contributed by atoms with Gasteiger partial charge in [0, 0.05) is 9.90 Å². The highest BCUT2D eigenvalue weighted by Gasteiger charge is 2.25. The van der Waals surface area contributed by atoms with Gasteiger partial charge >= 0.3 is 5.97 Å². The van der Waals surface area contributed by atoms with Gasteiger partial charge in [0.05, 0.1) is 5.56 Å². The van der Waals surface area contributed by atoms with Crippen LogP contribution in [0, 0.1) is 6.92 Å². The van der Waals surface area contributed by atoms with E-state index in [9.17, 15) is 14.4 Å². The van der Waals surface area contributed by atoms with Crippen LogP contribution >= 0.6 is 22.9 Å². The second kappa shape index (κ2) is 9.28. The van der Waals surface area contributed by atoms with Crippen molar-refractivity contribution in [2.75, 3.05) is 18.5 Å². The van der Waals surface area contributed by atoms with Gasteiger partial charge < -0.3 is 20.5 Å². The molecule has 0 radical (unpaired) electrons. The number of halogens is 1. The zero-order valence-corrected chi connectivity index (χ0v) is 17.5. The van der Waals surface area contributed by atoms with Crippen molar-refractivity contribution in [2.24, 2.45) is 5.73 Å². The summed E-state index contributed by atoms with van der Waals surface area (Å²) in [4.78, 5) is 37.0. The molecule has 7 nitrogen and oxygen atoms in total. The maximum atomic E-state index is 12.2. The number of nitrogens with two attached hydrogens (primary N) is 1. The Bertz CT molecular complexity index is 957. The fraction of sp³-hybridized carbons (Fsp3) is 0.350. The predicted octanol–water partition coefficient (Wildman–Crippen LogP) is 3.25. The standard InChI is InChI=1S/C20H21ClN2O5S/c1-11-8-12(21)6-7-14(11)27-10-17(25)28-9-16(24)23-20-18(19(22)26)13-4-2-3-5-15(13)29-20/h6-8H,2-5,9-10H2,1H3,(H2,22,26)(H,23,24). The number of aryl methyl sites for hydroxylation is 2. The van der Waals surface area contributed by atoms with Gasteiger partial charge in [0.2, 0.25) is 0 Å². The number of hydrogen-bond acceptors (Lipinski definition) is 6. The van der Waals surface area contributed by atoms with Gasteiger partial charge in [-0.05, 0) is 61.9 Å². The molecule has 3 rings (SSSR count). The van der Waals surface area contributed by atoms with E-state index in [4.69, 9.17) is 26.8 Å². The van der Waals surface area contributed by atoms with Gasteiger partial charge in [-0.15, -0.1) is 11.3 Å². The molecule has 0 unspecified atom stereocenters. The Morgan fingerprint density at radius 1 is 1.21 bits per heavy atom. The smallest absolute Gasteiger partial charge is 0.344 e. The molecular formula is C20H21ClN2O5S. The summed E-state index contributed by atoms with van der Waals surface area (Å²) in [5.74, 6) is -1.29. The molecule has 29 heavy (non-hydrogen) atoms. The number of fused-ring (bicyclic) bond motifs is 1. The molecule has 154 valence electrons. The number of nitrogens with one attached hydrogen (secondary N) is 1. The number of primary amides is 1. The number of benzene rings is 1. The first-order valence-electron chi connectivity index (χ1n) is 9.14. The first-order chi connectivity index (χ1) is 13.8. The van der Waals surface area contributed by atoms with Crippen LogP contribution in [0.15, 0.2) is 18.2 Å². The van der Waals surface area contributed by atoms with Crippen LogP contribution in [-0.2, 0) is 27.2 Å². The first kappa shape index (κ1) is 21.1. The maximum Gasteiger partial charge on any atom is 0.344 e. The predicted molar refractivity (Wildman–Crippen MR) is 111 cm³/mol. The molecular weight excluding hydrogens is 416 g/mol. The number of carbonyl (C=O) groups excluding carboxylic acids is 3. The highest BCUT2D eigenvalue weighted by molar-refractivity contribution is 7.17. The largest absolute Gasteiger partial charge is 0.482 e. The van der Waals surface area contributed by atoms with Crippen LogP contribution < -0.4 is 15.8 Å². The normalized spacial score (nSPS) is 12.8. The minimum atomic E-state index is -0.685. The number of ether oxygens (including phenoxy) is 2. The summed E-state index contributed by atoms with van der Waals surface area (Å²) in [6.07, 6.45) is 3.68. The number of esters is 1. The van der Waals surface area contributed by atoms with Gasteiger partial charge in [-0.1, -0.05) is 11.6 Å². The second-order valence-corrected chi connectivity index (χ2v) is 8.23. The number of rotatable bonds is 7. The molecule has 3 N–H and O–H groups in total. The van der Waals surface area contributed by atoms with E-state index in [1.54, 1.807) is 25.1 Å². The van der Waals surface area contributed by atoms with Gasteiger partial charge in [0.15, 0.2) is 13.2 Å². The molecule has 1 aliphatic carbocycles. The molecule has 1 aromatic carbocycles. The number of anilines is 1. The topological polar surface area (TPSA) is 108 Å². The third kappa shape index (κ3) is 5.27. The minimum absolute atomic E-state index is 0.338. The average molecular weight is 437 g/mol. The molecule has 0 fully saturated rings. The Morgan fingerprint density at radius 2 is 1.97 bits per heavy atom. The Hall–Kier alpha value is -2.58. The van der Waals surface area contributed by atoms with Crippen LogP contribution in [0.1, 0.15) is 39.2 Å². The molecule has 0 aliphatic heterocycles. The minimum Gasteiger partial charge on any atom is -0.482 e. The zero-order valence-electron chi connectivity index (χ0n) is 15.9. The summed E-state index contributed by atoms with van der Waals surface area (Å²) in [5, 5.41) is 3.62. The summed E-state index contributed by atoms with van der Waals surface area (Å²) >= 11 is 7.23. The Morgan fingerprint density at radius 3 is 2.69 bits per heavy atom. The number of amides is 2. The van der Waals surface area contributed by atoms with E-state index in [1.807, 2.05) is 0 Å². The van der Waals surface area contributed by atoms with E-state index in [-0.39, 0.29) is 6.61 Å². The van der Waals surface area contributed by atoms with Crippen molar-refractivity contribution in [3.8, 4) is 5.75 Å². The van der Waals surface area contributed by atoms with Gasteiger partial charge in [0.1, 0.15) is 10.8 Å². The van der Waals surface area contributed by atoms with Crippen molar-refractivity contribution in [3.05, 3.63) is 44.8 Å². The molecule has 1 aromatic heterocycles. The van der Waals surface area contributed by atoms with E-state index in [2.05, 4.69) is 5.32 Å². The molecule has 0 spiro atoms. The SMILES string of the molecule is Cc1cc(Cl)ccc1OCC(=O)OCC(=O)Nc1sc2c(c1C(N)=O)CCCC2. The van der Waals surface area contributed by atoms with E-state index in [0.29, 0.717) is 21.3 Å². The van der Waals surface area contributed by atoms with Gasteiger partial charge in [0.25, 0.3) is 11.8 Å². The summed E-state index contributed by atoms with van der Waals surface area (Å²) < 4.78 is 10.3. The van der Waals surface area contributed by atoms with Gasteiger partial charge in [-0.25, -0.2) is 4.79 Å². The lowest BCUT2D eigenvalue weighted by molar-refractivity contribution is -0.149. The van der Waals surface area contributed by atoms with Crippen molar-refractivity contribution < 1.29 is 23.9 Å². The fourth-order valence-corrected chi connectivity index (χ4v) is 4.71. The maximum absolute atomic E-state index is 12.2. The number of thiophene rings is 1. The summed E-state index contributed by atoms with van der Waals surface area (Å²) in [6, 6.07) is 5.02. The van der Waals surface area contributed by atoms with Crippen molar-refractivity contribution in [3.63, 3.8) is 0 Å². The molecule has 0 atom stereocenters. The van der Waals surface area contributed by atoms with Crippen LogP contribution in [0.25, 0.3) is 0 Å². The lowest BCUT2D eigenvalue weighted by atomic mass is 9.95. The van der Waals surface area contributed by atoms with Crippen LogP contribution in [-0.4, -0.2) is 31.0 Å². The molecule has 0 bridgehead atoms. The van der Waals surface area contributed by atoms with Gasteiger partial charge in [-0.3, -0.25) is 9.59 Å². The molecule has 1 heterocycles. The van der Waals surface area contributed by atoms with E-state index >= 15 is 0 Å². The Balaban J connectivity index is 1.53. The third-order valence-corrected chi connectivity index (χ3v) is 5.96. The molecule has 1 aliphatic rings. The molecule has 2 aromatic rings. The van der Waals surface area contributed by atoms with E-state index < -0.39 is 24.4 Å². The third-order valence-electron chi connectivity index (χ3n) is 4.52.